The number of benzene rings is 1. The number of hydrogen-bond acceptors (Lipinski definition) is 2. The van der Waals surface area contributed by atoms with Crippen LogP contribution >= 0.6 is 11.6 Å². The number of nitrogens with zero attached hydrogens (tertiary/aromatic N) is 2. The Bertz CT molecular complexity index is 501. The Morgan fingerprint density at radius 3 is 2.32 bits per heavy atom. The summed E-state index contributed by atoms with van der Waals surface area (Å²) in [6.07, 6.45) is 1.11. The van der Waals surface area contributed by atoms with Gasteiger partial charge in [-0.2, -0.15) is 0 Å². The molecule has 0 saturated carbocycles. The van der Waals surface area contributed by atoms with E-state index in [1.54, 1.807) is 16.7 Å². The van der Waals surface area contributed by atoms with Crippen molar-refractivity contribution in [2.75, 3.05) is 26.2 Å². The molecule has 0 saturated heterocycles. The average molecular weight is 325 g/mol. The second kappa shape index (κ2) is 9.46. The predicted molar refractivity (Wildman–Crippen MR) is 90.0 cm³/mol. The van der Waals surface area contributed by atoms with Crippen molar-refractivity contribution in [3.8, 4) is 0 Å². The van der Waals surface area contributed by atoms with Gasteiger partial charge in [0.2, 0.25) is 11.8 Å². The van der Waals surface area contributed by atoms with Gasteiger partial charge in [-0.25, -0.2) is 0 Å². The van der Waals surface area contributed by atoms with Crippen molar-refractivity contribution < 1.29 is 9.59 Å². The van der Waals surface area contributed by atoms with Crippen LogP contribution in [0, 0.1) is 0 Å². The molecule has 0 radical (unpaired) electrons. The zero-order chi connectivity index (χ0) is 16.5. The molecule has 0 fully saturated rings. The highest BCUT2D eigenvalue weighted by Crippen LogP contribution is 2.11. The molecule has 0 aliphatic heterocycles. The van der Waals surface area contributed by atoms with Crippen LogP contribution in [-0.2, 0) is 16.0 Å². The van der Waals surface area contributed by atoms with Crippen LogP contribution in [-0.4, -0.2) is 47.8 Å². The summed E-state index contributed by atoms with van der Waals surface area (Å²) in [7, 11) is 0. The van der Waals surface area contributed by atoms with Crippen molar-refractivity contribution >= 4 is 23.4 Å². The second-order valence-corrected chi connectivity index (χ2v) is 5.64. The van der Waals surface area contributed by atoms with Crippen LogP contribution in [0.25, 0.3) is 0 Å². The first-order valence-electron chi connectivity index (χ1n) is 7.75. The first-order chi connectivity index (χ1) is 10.5. The largest absolute Gasteiger partial charge is 0.343 e. The Hall–Kier alpha value is -1.55. The van der Waals surface area contributed by atoms with E-state index in [9.17, 15) is 9.59 Å². The maximum absolute atomic E-state index is 12.0. The lowest BCUT2D eigenvalue weighted by molar-refractivity contribution is -0.133. The fourth-order valence-electron chi connectivity index (χ4n) is 2.35. The van der Waals surface area contributed by atoms with Crippen molar-refractivity contribution in [2.45, 2.75) is 33.6 Å². The summed E-state index contributed by atoms with van der Waals surface area (Å²) in [5.41, 5.74) is 1.09. The van der Waals surface area contributed by atoms with Crippen LogP contribution < -0.4 is 0 Å². The smallest absolute Gasteiger partial charge is 0.224 e. The van der Waals surface area contributed by atoms with Crippen LogP contribution in [0.1, 0.15) is 32.8 Å². The van der Waals surface area contributed by atoms with Gasteiger partial charge in [0.05, 0.1) is 0 Å². The van der Waals surface area contributed by atoms with E-state index in [4.69, 9.17) is 11.6 Å². The van der Waals surface area contributed by atoms with E-state index in [-0.39, 0.29) is 11.8 Å². The first-order valence-corrected chi connectivity index (χ1v) is 8.13. The summed E-state index contributed by atoms with van der Waals surface area (Å²) in [6.45, 7) is 7.94. The van der Waals surface area contributed by atoms with E-state index in [1.807, 2.05) is 38.1 Å². The Morgan fingerprint density at radius 1 is 1.09 bits per heavy atom. The van der Waals surface area contributed by atoms with Gasteiger partial charge in [-0.15, -0.1) is 0 Å². The van der Waals surface area contributed by atoms with Crippen LogP contribution in [0.5, 0.6) is 0 Å². The molecule has 2 amide bonds. The average Bonchev–Trinajstić information content (AvgIpc) is 2.48. The van der Waals surface area contributed by atoms with E-state index >= 15 is 0 Å². The monoisotopic (exact) mass is 324 g/mol. The number of halogens is 1. The molecule has 1 aromatic carbocycles. The van der Waals surface area contributed by atoms with E-state index in [0.717, 1.165) is 12.0 Å². The minimum absolute atomic E-state index is 0.00521. The van der Waals surface area contributed by atoms with Gasteiger partial charge in [0.15, 0.2) is 0 Å². The number of carbonyl (C=O) groups excluding carboxylic acids is 2. The van der Waals surface area contributed by atoms with Crippen molar-refractivity contribution in [2.24, 2.45) is 0 Å². The third-order valence-corrected chi connectivity index (χ3v) is 3.95. The van der Waals surface area contributed by atoms with Crippen molar-refractivity contribution in [1.29, 1.82) is 0 Å². The molecule has 5 heteroatoms. The lowest BCUT2D eigenvalue weighted by Gasteiger charge is -2.23. The highest BCUT2D eigenvalue weighted by atomic mass is 35.5. The van der Waals surface area contributed by atoms with Crippen molar-refractivity contribution in [3.05, 3.63) is 34.9 Å². The molecule has 0 aliphatic carbocycles. The summed E-state index contributed by atoms with van der Waals surface area (Å²) in [6, 6.07) is 7.63. The molecular weight excluding hydrogens is 300 g/mol. The molecule has 1 rings (SSSR count). The van der Waals surface area contributed by atoms with Crippen LogP contribution in [0.4, 0.5) is 0 Å². The quantitative estimate of drug-likeness (QED) is 0.737. The van der Waals surface area contributed by atoms with Crippen LogP contribution in [0.2, 0.25) is 5.02 Å². The van der Waals surface area contributed by atoms with Crippen LogP contribution in [0.3, 0.4) is 0 Å². The standard InChI is InChI=1S/C17H25ClN2O2/c1-4-19(5-2)17(22)10-12-20(14(3)21)11-9-15-7-6-8-16(18)13-15/h6-8,13H,4-5,9-12H2,1-3H3. The van der Waals surface area contributed by atoms with Gasteiger partial charge >= 0.3 is 0 Å². The second-order valence-electron chi connectivity index (χ2n) is 5.20. The molecular formula is C17H25ClN2O2. The maximum Gasteiger partial charge on any atom is 0.224 e. The number of carbonyl (C=O) groups is 2. The van der Waals surface area contributed by atoms with Gasteiger partial charge in [-0.1, -0.05) is 23.7 Å². The molecule has 0 aliphatic rings. The molecule has 1 aromatic rings. The molecule has 0 aromatic heterocycles. The number of amides is 2. The summed E-state index contributed by atoms with van der Waals surface area (Å²) in [4.78, 5) is 27.3. The van der Waals surface area contributed by atoms with Gasteiger partial charge in [-0.3, -0.25) is 9.59 Å². The highest BCUT2D eigenvalue weighted by molar-refractivity contribution is 6.30. The molecule has 122 valence electrons. The lowest BCUT2D eigenvalue weighted by atomic mass is 10.1. The first kappa shape index (κ1) is 18.5. The zero-order valence-electron chi connectivity index (χ0n) is 13.6. The van der Waals surface area contributed by atoms with Crippen molar-refractivity contribution in [3.63, 3.8) is 0 Å². The van der Waals surface area contributed by atoms with Gasteiger partial charge in [0, 0.05) is 44.5 Å². The predicted octanol–water partition coefficient (Wildman–Crippen LogP) is 2.99. The third kappa shape index (κ3) is 6.06. The highest BCUT2D eigenvalue weighted by Gasteiger charge is 2.14. The third-order valence-electron chi connectivity index (χ3n) is 3.72. The Kier molecular flexibility index (Phi) is 7.96. The maximum atomic E-state index is 12.0. The van der Waals surface area contributed by atoms with E-state index < -0.39 is 0 Å². The molecule has 22 heavy (non-hydrogen) atoms. The van der Waals surface area contributed by atoms with E-state index in [0.29, 0.717) is 37.6 Å². The summed E-state index contributed by atoms with van der Waals surface area (Å²) >= 11 is 5.96. The van der Waals surface area contributed by atoms with Gasteiger partial charge in [0.25, 0.3) is 0 Å². The number of rotatable bonds is 8. The van der Waals surface area contributed by atoms with Gasteiger partial charge in [-0.05, 0) is 38.0 Å². The molecule has 0 spiro atoms. The Labute approximate surface area is 138 Å². The van der Waals surface area contributed by atoms with Crippen LogP contribution in [0.15, 0.2) is 24.3 Å². The molecule has 4 nitrogen and oxygen atoms in total. The van der Waals surface area contributed by atoms with Gasteiger partial charge in [0.1, 0.15) is 0 Å². The molecule has 0 heterocycles. The SMILES string of the molecule is CCN(CC)C(=O)CCN(CCc1cccc(Cl)c1)C(C)=O. The minimum Gasteiger partial charge on any atom is -0.343 e. The van der Waals surface area contributed by atoms with Gasteiger partial charge < -0.3 is 9.80 Å². The summed E-state index contributed by atoms with van der Waals surface area (Å²) in [5.74, 6) is 0.0911. The van der Waals surface area contributed by atoms with Crippen molar-refractivity contribution in [1.82, 2.24) is 9.80 Å². The molecule has 0 atom stereocenters. The lowest BCUT2D eigenvalue weighted by Crippen LogP contribution is -2.37. The fraction of sp³-hybridized carbons (Fsp3) is 0.529. The topological polar surface area (TPSA) is 40.6 Å². The van der Waals surface area contributed by atoms with E-state index in [1.165, 1.54) is 0 Å². The zero-order valence-corrected chi connectivity index (χ0v) is 14.4. The molecule has 0 unspecified atom stereocenters. The molecule has 0 N–H and O–H groups in total. The fourth-order valence-corrected chi connectivity index (χ4v) is 2.56. The Morgan fingerprint density at radius 2 is 1.77 bits per heavy atom. The summed E-state index contributed by atoms with van der Waals surface area (Å²) in [5, 5.41) is 0.698. The minimum atomic E-state index is -0.00521. The molecule has 0 bridgehead atoms. The number of hydrogen-bond donors (Lipinski definition) is 0. The summed E-state index contributed by atoms with van der Waals surface area (Å²) < 4.78 is 0. The van der Waals surface area contributed by atoms with E-state index in [2.05, 4.69) is 0 Å². The normalized spacial score (nSPS) is 10.4. The Balaban J connectivity index is 2.52.